The highest BCUT2D eigenvalue weighted by atomic mass is 19.4. The van der Waals surface area contributed by atoms with E-state index in [2.05, 4.69) is 6.07 Å². The third kappa shape index (κ3) is 7.35. The van der Waals surface area contributed by atoms with Crippen molar-refractivity contribution >= 4 is 43.6 Å². The van der Waals surface area contributed by atoms with Gasteiger partial charge in [-0.05, 0) is 77.9 Å². The first-order chi connectivity index (χ1) is 35.0. The second-order valence-electron chi connectivity index (χ2n) is 17.5. The van der Waals surface area contributed by atoms with Crippen molar-refractivity contribution in [1.82, 2.24) is 19.1 Å². The highest BCUT2D eigenvalue weighted by molar-refractivity contribution is 6.13. The van der Waals surface area contributed by atoms with Gasteiger partial charge in [-0.15, -0.1) is 0 Å². The average Bonchev–Trinajstić information content (AvgIpc) is 3.92. The van der Waals surface area contributed by atoms with Gasteiger partial charge in [0.25, 0.3) is 0 Å². The van der Waals surface area contributed by atoms with Crippen LogP contribution >= 0.6 is 0 Å². The second kappa shape index (κ2) is 17.0. The topological polar surface area (TPSA) is 59.4 Å². The lowest BCUT2D eigenvalue weighted by molar-refractivity contribution is -0.142. The summed E-state index contributed by atoms with van der Waals surface area (Å²) in [5, 5.41) is 14.5. The lowest BCUT2D eigenvalue weighted by Crippen LogP contribution is -2.16. The molecular weight excluding hydrogens is 917 g/mol. The number of para-hydroxylation sites is 2. The van der Waals surface area contributed by atoms with Crippen molar-refractivity contribution in [3.63, 3.8) is 0 Å². The van der Waals surface area contributed by atoms with Gasteiger partial charge in [0.1, 0.15) is 11.6 Å². The quantitative estimate of drug-likeness (QED) is 0.150. The van der Waals surface area contributed by atoms with E-state index >= 15 is 26.3 Å². The highest BCUT2D eigenvalue weighted by Crippen LogP contribution is 2.49. The Kier molecular flexibility index (Phi) is 10.4. The van der Waals surface area contributed by atoms with Crippen molar-refractivity contribution in [2.45, 2.75) is 12.4 Å². The molecule has 8 aromatic carbocycles. The number of halogens is 6. The highest BCUT2D eigenvalue weighted by Gasteiger charge is 2.42. The molecule has 11 heteroatoms. The van der Waals surface area contributed by atoms with Crippen molar-refractivity contribution in [3.8, 4) is 73.3 Å². The molecule has 0 unspecified atom stereocenters. The monoisotopic (exact) mass is 951 g/mol. The molecule has 0 amide bonds. The Morgan fingerprint density at radius 3 is 1.31 bits per heavy atom. The lowest BCUT2D eigenvalue weighted by Gasteiger charge is -2.24. The molecule has 0 spiro atoms. The Hall–Kier alpha value is -9.27. The maximum atomic E-state index is 15.2. The summed E-state index contributed by atoms with van der Waals surface area (Å²) in [6.07, 6.45) is -6.84. The van der Waals surface area contributed by atoms with E-state index in [4.69, 9.17) is 9.97 Å². The van der Waals surface area contributed by atoms with Crippen LogP contribution < -0.4 is 0 Å². The number of nitrogens with zero attached hydrogens (tertiary/aromatic N) is 5. The van der Waals surface area contributed by atoms with Crippen molar-refractivity contribution in [3.05, 3.63) is 229 Å². The first-order valence-electron chi connectivity index (χ1n) is 22.9. The summed E-state index contributed by atoms with van der Waals surface area (Å²) < 4.78 is 95.0. The fourth-order valence-electron chi connectivity index (χ4n) is 10.1. The SMILES string of the molecule is N#Cc1c(-n2c3ccccc3c3cc(-c4ccc(-c5ccccc5)nc4)ccc32)ccc(-c2c(C(F)(F)F)cccc2C(F)(F)F)c1-n1c2ccccc2c2cc(-c3ccc(-c4ccccc4)nc3)ccc21. The molecule has 12 rings (SSSR count). The zero-order chi connectivity index (χ0) is 49.3. The zero-order valence-corrected chi connectivity index (χ0v) is 37.7. The van der Waals surface area contributed by atoms with E-state index in [1.54, 1.807) is 29.0 Å². The maximum Gasteiger partial charge on any atom is 0.417 e. The summed E-state index contributed by atoms with van der Waals surface area (Å²) in [6, 6.07) is 60.7. The zero-order valence-electron chi connectivity index (χ0n) is 37.7. The Balaban J connectivity index is 1.12. The van der Waals surface area contributed by atoms with Crippen LogP contribution in [-0.4, -0.2) is 19.1 Å². The number of benzene rings is 8. The molecule has 0 radical (unpaired) electrons. The normalized spacial score (nSPS) is 12.0. The van der Waals surface area contributed by atoms with E-state index in [0.29, 0.717) is 45.0 Å². The standard InChI is InChI=1S/C61H35F6N5/c62-60(63,64)49-18-11-19-50(61(65,66)67)58(49)45-26-31-57(71-53-20-9-7-16-43(53)46-32-39(24-29-55(46)71)41-22-27-51(69-35-41)37-12-3-1-4-13-37)48(34-68)59(45)72-54-21-10-8-17-44(54)47-33-40(25-30-56(47)72)42-23-28-52(70-36-42)38-14-5-2-6-15-38/h1-33,35-36H. The van der Waals surface area contributed by atoms with Gasteiger partial charge >= 0.3 is 12.4 Å². The van der Waals surface area contributed by atoms with Gasteiger partial charge in [-0.1, -0.05) is 133 Å². The average molecular weight is 952 g/mol. The van der Waals surface area contributed by atoms with Crippen LogP contribution in [0.15, 0.2) is 213 Å². The van der Waals surface area contributed by atoms with Crippen LogP contribution in [0.1, 0.15) is 16.7 Å². The predicted molar refractivity (Wildman–Crippen MR) is 273 cm³/mol. The van der Waals surface area contributed by atoms with Gasteiger partial charge in [-0.3, -0.25) is 9.97 Å². The molecule has 0 aliphatic heterocycles. The molecule has 346 valence electrons. The van der Waals surface area contributed by atoms with Crippen molar-refractivity contribution < 1.29 is 26.3 Å². The minimum atomic E-state index is -5.21. The number of hydrogen-bond acceptors (Lipinski definition) is 3. The van der Waals surface area contributed by atoms with Crippen LogP contribution in [0.3, 0.4) is 0 Å². The van der Waals surface area contributed by atoms with Crippen molar-refractivity contribution in [1.29, 1.82) is 5.26 Å². The fourth-order valence-corrected chi connectivity index (χ4v) is 10.1. The second-order valence-corrected chi connectivity index (χ2v) is 17.5. The molecule has 0 atom stereocenters. The molecule has 0 aliphatic carbocycles. The number of rotatable bonds is 7. The minimum Gasteiger partial charge on any atom is -0.308 e. The number of alkyl halides is 6. The summed E-state index contributed by atoms with van der Waals surface area (Å²) in [7, 11) is 0. The summed E-state index contributed by atoms with van der Waals surface area (Å²) in [5.41, 5.74) is 4.57. The largest absolute Gasteiger partial charge is 0.417 e. The van der Waals surface area contributed by atoms with E-state index in [1.165, 1.54) is 12.1 Å². The lowest BCUT2D eigenvalue weighted by atomic mass is 9.90. The van der Waals surface area contributed by atoms with Crippen LogP contribution in [0.5, 0.6) is 0 Å². The Bertz CT molecular complexity index is 4080. The predicted octanol–water partition coefficient (Wildman–Crippen LogP) is 16.9. The van der Waals surface area contributed by atoms with Crippen molar-refractivity contribution in [2.24, 2.45) is 0 Å². The van der Waals surface area contributed by atoms with Gasteiger partial charge in [0.2, 0.25) is 0 Å². The third-order valence-corrected chi connectivity index (χ3v) is 13.4. The number of nitriles is 1. The number of pyridine rings is 2. The summed E-state index contributed by atoms with van der Waals surface area (Å²) in [4.78, 5) is 9.47. The number of hydrogen-bond donors (Lipinski definition) is 0. The van der Waals surface area contributed by atoms with Gasteiger partial charge in [-0.25, -0.2) is 0 Å². The molecule has 0 saturated heterocycles. The Morgan fingerprint density at radius 2 is 0.833 bits per heavy atom. The van der Waals surface area contributed by atoms with Gasteiger partial charge in [0.15, 0.2) is 0 Å². The maximum absolute atomic E-state index is 15.2. The molecule has 12 aromatic rings. The first kappa shape index (κ1) is 44.0. The Labute approximate surface area is 407 Å². The summed E-state index contributed by atoms with van der Waals surface area (Å²) in [6.45, 7) is 0. The van der Waals surface area contributed by atoms with Gasteiger partial charge in [0.05, 0.1) is 56.0 Å². The summed E-state index contributed by atoms with van der Waals surface area (Å²) >= 11 is 0. The van der Waals surface area contributed by atoms with Crippen LogP contribution in [0.2, 0.25) is 0 Å². The smallest absolute Gasteiger partial charge is 0.308 e. The van der Waals surface area contributed by atoms with E-state index in [0.717, 1.165) is 61.6 Å². The minimum absolute atomic E-state index is 0.141. The van der Waals surface area contributed by atoms with Crippen LogP contribution in [0, 0.1) is 11.3 Å². The van der Waals surface area contributed by atoms with Crippen LogP contribution in [0.25, 0.3) is 111 Å². The molecule has 5 nitrogen and oxygen atoms in total. The van der Waals surface area contributed by atoms with E-state index in [1.807, 2.05) is 162 Å². The molecule has 0 N–H and O–H groups in total. The molecule has 0 aliphatic rings. The summed E-state index contributed by atoms with van der Waals surface area (Å²) in [5.74, 6) is 0. The third-order valence-electron chi connectivity index (χ3n) is 13.4. The molecule has 4 heterocycles. The first-order valence-corrected chi connectivity index (χ1v) is 22.9. The molecular formula is C61H35F6N5. The molecule has 4 aromatic heterocycles. The Morgan fingerprint density at radius 1 is 0.389 bits per heavy atom. The van der Waals surface area contributed by atoms with E-state index in [-0.39, 0.29) is 16.9 Å². The number of aromatic nitrogens is 4. The van der Waals surface area contributed by atoms with Crippen LogP contribution in [0.4, 0.5) is 26.3 Å². The molecule has 0 fully saturated rings. The molecule has 0 saturated carbocycles. The van der Waals surface area contributed by atoms with E-state index < -0.39 is 34.6 Å². The van der Waals surface area contributed by atoms with Gasteiger partial charge < -0.3 is 9.13 Å². The van der Waals surface area contributed by atoms with Gasteiger partial charge in [0, 0.05) is 67.3 Å². The molecule has 72 heavy (non-hydrogen) atoms. The van der Waals surface area contributed by atoms with Crippen LogP contribution in [-0.2, 0) is 12.4 Å². The molecule has 0 bridgehead atoms. The number of fused-ring (bicyclic) bond motifs is 6. The van der Waals surface area contributed by atoms with Gasteiger partial charge in [-0.2, -0.15) is 31.6 Å². The van der Waals surface area contributed by atoms with Crippen molar-refractivity contribution in [2.75, 3.05) is 0 Å². The van der Waals surface area contributed by atoms with E-state index in [9.17, 15) is 5.26 Å². The fraction of sp³-hybridized carbons (Fsp3) is 0.0328.